The first-order valence-electron chi connectivity index (χ1n) is 7.20. The lowest BCUT2D eigenvalue weighted by Gasteiger charge is -2.27. The quantitative estimate of drug-likeness (QED) is 0.763. The van der Waals surface area contributed by atoms with Crippen LogP contribution in [0.5, 0.6) is 5.75 Å². The lowest BCUT2D eigenvalue weighted by atomic mass is 10.1. The average Bonchev–Trinajstić information content (AvgIpc) is 2.94. The van der Waals surface area contributed by atoms with E-state index in [-0.39, 0.29) is 0 Å². The Morgan fingerprint density at radius 2 is 1.83 bits per heavy atom. The van der Waals surface area contributed by atoms with Gasteiger partial charge in [0, 0.05) is 12.6 Å². The minimum atomic E-state index is 0.841. The fourth-order valence-corrected chi connectivity index (χ4v) is 2.93. The van der Waals surface area contributed by atoms with Gasteiger partial charge in [-0.1, -0.05) is 31.9 Å². The summed E-state index contributed by atoms with van der Waals surface area (Å²) in [6.45, 7) is 4.65. The van der Waals surface area contributed by atoms with Crippen LogP contribution in [0.25, 0.3) is 0 Å². The maximum atomic E-state index is 5.19. The standard InChI is InChI=1S/C16H25NO/c1-3-17(15-6-4-5-7-15)13-12-14-8-10-16(18-2)11-9-14/h8-11,15H,3-7,12-13H2,1-2H3. The van der Waals surface area contributed by atoms with Crippen molar-refractivity contribution in [3.63, 3.8) is 0 Å². The van der Waals surface area contributed by atoms with Crippen LogP contribution in [0.1, 0.15) is 38.2 Å². The molecule has 2 heteroatoms. The monoisotopic (exact) mass is 247 g/mol. The van der Waals surface area contributed by atoms with E-state index < -0.39 is 0 Å². The summed E-state index contributed by atoms with van der Waals surface area (Å²) in [6.07, 6.45) is 6.79. The molecule has 0 unspecified atom stereocenters. The van der Waals surface area contributed by atoms with Crippen LogP contribution in [0.2, 0.25) is 0 Å². The van der Waals surface area contributed by atoms with Gasteiger partial charge in [-0.2, -0.15) is 0 Å². The van der Waals surface area contributed by atoms with Crippen LogP contribution in [0.15, 0.2) is 24.3 Å². The van der Waals surface area contributed by atoms with E-state index >= 15 is 0 Å². The van der Waals surface area contributed by atoms with Gasteiger partial charge in [0.25, 0.3) is 0 Å². The SMILES string of the molecule is CCN(CCc1ccc(OC)cc1)C1CCCC1. The Kier molecular flexibility index (Phi) is 5.06. The maximum absolute atomic E-state index is 5.19. The minimum absolute atomic E-state index is 0.841. The molecule has 0 bridgehead atoms. The van der Waals surface area contributed by atoms with Crippen molar-refractivity contribution >= 4 is 0 Å². The maximum Gasteiger partial charge on any atom is 0.118 e. The van der Waals surface area contributed by atoms with Gasteiger partial charge < -0.3 is 9.64 Å². The Morgan fingerprint density at radius 1 is 1.17 bits per heavy atom. The molecule has 1 aliphatic rings. The molecular weight excluding hydrogens is 222 g/mol. The van der Waals surface area contributed by atoms with Gasteiger partial charge in [-0.3, -0.25) is 0 Å². The van der Waals surface area contributed by atoms with E-state index in [4.69, 9.17) is 4.74 Å². The number of benzene rings is 1. The van der Waals surface area contributed by atoms with Gasteiger partial charge in [0.05, 0.1) is 7.11 Å². The first-order valence-corrected chi connectivity index (χ1v) is 7.20. The second-order valence-corrected chi connectivity index (χ2v) is 5.16. The van der Waals surface area contributed by atoms with E-state index in [1.807, 2.05) is 0 Å². The molecule has 0 N–H and O–H groups in total. The molecule has 0 radical (unpaired) electrons. The van der Waals surface area contributed by atoms with E-state index in [9.17, 15) is 0 Å². The normalized spacial score (nSPS) is 16.4. The van der Waals surface area contributed by atoms with Crippen molar-refractivity contribution in [3.8, 4) is 5.75 Å². The van der Waals surface area contributed by atoms with Crippen LogP contribution in [-0.2, 0) is 6.42 Å². The molecule has 0 aromatic heterocycles. The largest absolute Gasteiger partial charge is 0.497 e. The highest BCUT2D eigenvalue weighted by Crippen LogP contribution is 2.23. The number of nitrogens with zero attached hydrogens (tertiary/aromatic N) is 1. The van der Waals surface area contributed by atoms with Crippen LogP contribution in [0.4, 0.5) is 0 Å². The molecule has 100 valence electrons. The van der Waals surface area contributed by atoms with Crippen molar-refractivity contribution in [3.05, 3.63) is 29.8 Å². The third kappa shape index (κ3) is 3.49. The highest BCUT2D eigenvalue weighted by molar-refractivity contribution is 5.27. The summed E-state index contributed by atoms with van der Waals surface area (Å²) in [5.41, 5.74) is 1.41. The lowest BCUT2D eigenvalue weighted by molar-refractivity contribution is 0.211. The highest BCUT2D eigenvalue weighted by Gasteiger charge is 2.20. The second-order valence-electron chi connectivity index (χ2n) is 5.16. The molecule has 1 aromatic carbocycles. The smallest absolute Gasteiger partial charge is 0.118 e. The fraction of sp³-hybridized carbons (Fsp3) is 0.625. The van der Waals surface area contributed by atoms with Gasteiger partial charge in [-0.15, -0.1) is 0 Å². The van der Waals surface area contributed by atoms with Gasteiger partial charge in [0.2, 0.25) is 0 Å². The fourth-order valence-electron chi connectivity index (χ4n) is 2.93. The number of hydrogen-bond donors (Lipinski definition) is 0. The molecule has 0 amide bonds. The summed E-state index contributed by atoms with van der Waals surface area (Å²) in [7, 11) is 1.72. The molecule has 1 aliphatic carbocycles. The molecule has 2 nitrogen and oxygen atoms in total. The molecule has 18 heavy (non-hydrogen) atoms. The minimum Gasteiger partial charge on any atom is -0.497 e. The van der Waals surface area contributed by atoms with Crippen LogP contribution in [0, 0.1) is 0 Å². The Balaban J connectivity index is 1.84. The predicted octanol–water partition coefficient (Wildman–Crippen LogP) is 3.50. The second kappa shape index (κ2) is 6.79. The first-order chi connectivity index (χ1) is 8.83. The Bertz CT molecular complexity index is 341. The number of ether oxygens (including phenoxy) is 1. The van der Waals surface area contributed by atoms with Gasteiger partial charge in [-0.05, 0) is 43.5 Å². The summed E-state index contributed by atoms with van der Waals surface area (Å²) in [5.74, 6) is 0.946. The van der Waals surface area contributed by atoms with Gasteiger partial charge in [-0.25, -0.2) is 0 Å². The number of hydrogen-bond acceptors (Lipinski definition) is 2. The van der Waals surface area contributed by atoms with Crippen molar-refractivity contribution in [2.75, 3.05) is 20.2 Å². The first kappa shape index (κ1) is 13.4. The summed E-state index contributed by atoms with van der Waals surface area (Å²) in [5, 5.41) is 0. The number of rotatable bonds is 6. The Hall–Kier alpha value is -1.02. The third-order valence-corrected chi connectivity index (χ3v) is 4.09. The van der Waals surface area contributed by atoms with Crippen molar-refractivity contribution in [1.82, 2.24) is 4.90 Å². The van der Waals surface area contributed by atoms with E-state index in [2.05, 4.69) is 36.1 Å². The zero-order valence-corrected chi connectivity index (χ0v) is 11.7. The van der Waals surface area contributed by atoms with Crippen LogP contribution in [-0.4, -0.2) is 31.1 Å². The summed E-state index contributed by atoms with van der Waals surface area (Å²) < 4.78 is 5.19. The summed E-state index contributed by atoms with van der Waals surface area (Å²) in [4.78, 5) is 2.65. The van der Waals surface area contributed by atoms with Crippen LogP contribution >= 0.6 is 0 Å². The molecule has 0 heterocycles. The van der Waals surface area contributed by atoms with Crippen molar-refractivity contribution in [1.29, 1.82) is 0 Å². The number of likely N-dealkylation sites (N-methyl/N-ethyl adjacent to an activating group) is 1. The molecule has 0 saturated heterocycles. The molecule has 1 saturated carbocycles. The molecule has 1 fully saturated rings. The third-order valence-electron chi connectivity index (χ3n) is 4.09. The zero-order valence-electron chi connectivity index (χ0n) is 11.7. The van der Waals surface area contributed by atoms with Crippen LogP contribution < -0.4 is 4.74 Å². The topological polar surface area (TPSA) is 12.5 Å². The van der Waals surface area contributed by atoms with Crippen molar-refractivity contribution in [2.24, 2.45) is 0 Å². The number of methoxy groups -OCH3 is 1. The zero-order chi connectivity index (χ0) is 12.8. The lowest BCUT2D eigenvalue weighted by Crippen LogP contribution is -2.34. The molecular formula is C16H25NO. The molecule has 0 aliphatic heterocycles. The summed E-state index contributed by atoms with van der Waals surface area (Å²) in [6, 6.07) is 9.32. The molecule has 0 atom stereocenters. The highest BCUT2D eigenvalue weighted by atomic mass is 16.5. The van der Waals surface area contributed by atoms with E-state index in [1.54, 1.807) is 7.11 Å². The van der Waals surface area contributed by atoms with E-state index in [0.717, 1.165) is 18.2 Å². The van der Waals surface area contributed by atoms with Gasteiger partial charge >= 0.3 is 0 Å². The van der Waals surface area contributed by atoms with Gasteiger partial charge in [0.1, 0.15) is 5.75 Å². The average molecular weight is 247 g/mol. The Morgan fingerprint density at radius 3 is 2.39 bits per heavy atom. The molecule has 1 aromatic rings. The Labute approximate surface area is 111 Å². The predicted molar refractivity (Wildman–Crippen MR) is 76.2 cm³/mol. The van der Waals surface area contributed by atoms with Crippen molar-refractivity contribution < 1.29 is 4.74 Å². The van der Waals surface area contributed by atoms with Crippen LogP contribution in [0.3, 0.4) is 0 Å². The van der Waals surface area contributed by atoms with Gasteiger partial charge in [0.15, 0.2) is 0 Å². The molecule has 2 rings (SSSR count). The molecule has 0 spiro atoms. The van der Waals surface area contributed by atoms with E-state index in [1.165, 1.54) is 44.3 Å². The van der Waals surface area contributed by atoms with E-state index in [0.29, 0.717) is 0 Å². The van der Waals surface area contributed by atoms with Crippen molar-refractivity contribution in [2.45, 2.75) is 45.1 Å². The summed E-state index contributed by atoms with van der Waals surface area (Å²) >= 11 is 0.